The molecule has 0 aromatic heterocycles. The predicted octanol–water partition coefficient (Wildman–Crippen LogP) is 1.68. The summed E-state index contributed by atoms with van der Waals surface area (Å²) in [6, 6.07) is 5.65. The van der Waals surface area contributed by atoms with Crippen LogP contribution in [-0.4, -0.2) is 87.2 Å². The molecule has 2 heterocycles. The Kier molecular flexibility index (Phi) is 6.22. The van der Waals surface area contributed by atoms with E-state index >= 15 is 0 Å². The Morgan fingerprint density at radius 1 is 1.07 bits per heavy atom. The summed E-state index contributed by atoms with van der Waals surface area (Å²) >= 11 is 12.2. The number of likely N-dealkylation sites (N-methyl/N-ethyl adjacent to an activating group) is 1. The Hall–Kier alpha value is -1.06. The minimum atomic E-state index is -3.21. The number of benzene rings is 1. The summed E-state index contributed by atoms with van der Waals surface area (Å²) in [6.45, 7) is 2.66. The van der Waals surface area contributed by atoms with Crippen molar-refractivity contribution in [2.45, 2.75) is 12.0 Å². The molecule has 2 aliphatic heterocycles. The first kappa shape index (κ1) is 20.7. The van der Waals surface area contributed by atoms with E-state index in [1.807, 2.05) is 24.1 Å². The molecule has 1 aromatic carbocycles. The van der Waals surface area contributed by atoms with Crippen LogP contribution in [0.25, 0.3) is 0 Å². The molecule has 7 nitrogen and oxygen atoms in total. The van der Waals surface area contributed by atoms with Crippen molar-refractivity contribution in [2.24, 2.45) is 0 Å². The number of hydrogen-bond donors (Lipinski definition) is 1. The molecule has 2 saturated heterocycles. The molecule has 0 aliphatic carbocycles. The monoisotopic (exact) mass is 434 g/mol. The minimum Gasteiger partial charge on any atom is -0.322 e. The van der Waals surface area contributed by atoms with Gasteiger partial charge in [0, 0.05) is 51.2 Å². The number of hydrogen-bond acceptors (Lipinski definition) is 4. The molecule has 2 atom stereocenters. The van der Waals surface area contributed by atoms with Gasteiger partial charge in [-0.15, -0.1) is 0 Å². The molecule has 2 aliphatic rings. The molecule has 0 radical (unpaired) electrons. The number of carbonyl (C=O) groups is 1. The van der Waals surface area contributed by atoms with Crippen molar-refractivity contribution < 1.29 is 13.2 Å². The van der Waals surface area contributed by atoms with Gasteiger partial charge in [-0.3, -0.25) is 0 Å². The number of nitrogens with one attached hydrogen (secondary N) is 1. The van der Waals surface area contributed by atoms with Crippen LogP contribution in [0.15, 0.2) is 18.2 Å². The van der Waals surface area contributed by atoms with Crippen molar-refractivity contribution >= 4 is 39.3 Å². The highest BCUT2D eigenvalue weighted by Gasteiger charge is 2.38. The first-order valence-electron chi connectivity index (χ1n) is 8.82. The van der Waals surface area contributed by atoms with Crippen LogP contribution >= 0.6 is 23.2 Å². The molecule has 0 saturated carbocycles. The Morgan fingerprint density at radius 2 is 1.74 bits per heavy atom. The summed E-state index contributed by atoms with van der Waals surface area (Å²) in [5.74, 6) is 0.117. The van der Waals surface area contributed by atoms with Crippen LogP contribution in [-0.2, 0) is 10.0 Å². The lowest BCUT2D eigenvalue weighted by atomic mass is 9.94. The predicted molar refractivity (Wildman–Crippen MR) is 107 cm³/mol. The second-order valence-corrected chi connectivity index (χ2v) is 9.81. The van der Waals surface area contributed by atoms with Gasteiger partial charge in [-0.25, -0.2) is 13.2 Å². The van der Waals surface area contributed by atoms with Gasteiger partial charge in [0.05, 0.1) is 16.3 Å². The van der Waals surface area contributed by atoms with E-state index in [0.29, 0.717) is 49.3 Å². The number of halogens is 2. The second kappa shape index (κ2) is 8.13. The van der Waals surface area contributed by atoms with Gasteiger partial charge in [0.2, 0.25) is 10.0 Å². The number of carbonyl (C=O) groups excluding carboxylic acids is 1. The number of urea groups is 1. The standard InChI is InChI=1S/C17H24Cl2N4O3S/c1-20-16-11-22(10-13(16)12-3-4-14(18)15(19)9-12)17(24)21-5-7-23(8-6-21)27(2,25)26/h3-4,9,13,16,20H,5-8,10-11H2,1-2H3. The molecule has 10 heteroatoms. The van der Waals surface area contributed by atoms with Crippen LogP contribution in [0.1, 0.15) is 11.5 Å². The third-order valence-corrected chi connectivity index (χ3v) is 7.35. The maximum atomic E-state index is 12.9. The highest BCUT2D eigenvalue weighted by molar-refractivity contribution is 7.88. The van der Waals surface area contributed by atoms with Crippen molar-refractivity contribution in [3.05, 3.63) is 33.8 Å². The second-order valence-electron chi connectivity index (χ2n) is 7.01. The van der Waals surface area contributed by atoms with E-state index in [1.54, 1.807) is 11.0 Å². The summed E-state index contributed by atoms with van der Waals surface area (Å²) in [5.41, 5.74) is 1.04. The highest BCUT2D eigenvalue weighted by atomic mass is 35.5. The Labute approximate surface area is 170 Å². The van der Waals surface area contributed by atoms with E-state index in [-0.39, 0.29) is 18.0 Å². The van der Waals surface area contributed by atoms with Gasteiger partial charge in [-0.05, 0) is 24.7 Å². The van der Waals surface area contributed by atoms with E-state index in [0.717, 1.165) is 5.56 Å². The Bertz CT molecular complexity index is 812. The van der Waals surface area contributed by atoms with Gasteiger partial charge in [0.25, 0.3) is 0 Å². The third kappa shape index (κ3) is 4.51. The van der Waals surface area contributed by atoms with Crippen molar-refractivity contribution in [1.29, 1.82) is 0 Å². The molecule has 1 aromatic rings. The smallest absolute Gasteiger partial charge is 0.320 e. The van der Waals surface area contributed by atoms with Crippen molar-refractivity contribution in [3.63, 3.8) is 0 Å². The van der Waals surface area contributed by atoms with E-state index in [2.05, 4.69) is 5.32 Å². The molecular formula is C17H24Cl2N4O3S. The van der Waals surface area contributed by atoms with Crippen LogP contribution in [0, 0.1) is 0 Å². The molecule has 2 unspecified atom stereocenters. The largest absolute Gasteiger partial charge is 0.322 e. The average molecular weight is 435 g/mol. The number of likely N-dealkylation sites (tertiary alicyclic amines) is 1. The fraction of sp³-hybridized carbons (Fsp3) is 0.588. The quantitative estimate of drug-likeness (QED) is 0.784. The van der Waals surface area contributed by atoms with Gasteiger partial charge in [-0.1, -0.05) is 29.3 Å². The van der Waals surface area contributed by atoms with Gasteiger partial charge in [-0.2, -0.15) is 4.31 Å². The summed E-state index contributed by atoms with van der Waals surface area (Å²) in [5, 5.41) is 4.30. The lowest BCUT2D eigenvalue weighted by Gasteiger charge is -2.35. The fourth-order valence-electron chi connectivity index (χ4n) is 3.74. The summed E-state index contributed by atoms with van der Waals surface area (Å²) in [6.07, 6.45) is 1.20. The topological polar surface area (TPSA) is 73.0 Å². The van der Waals surface area contributed by atoms with Gasteiger partial charge in [0.1, 0.15) is 0 Å². The molecule has 150 valence electrons. The van der Waals surface area contributed by atoms with Crippen LogP contribution in [0.5, 0.6) is 0 Å². The van der Waals surface area contributed by atoms with E-state index in [1.165, 1.54) is 10.6 Å². The zero-order chi connectivity index (χ0) is 19.8. The van der Waals surface area contributed by atoms with Gasteiger partial charge in [0.15, 0.2) is 0 Å². The lowest BCUT2D eigenvalue weighted by Crippen LogP contribution is -2.53. The van der Waals surface area contributed by atoms with Crippen LogP contribution in [0.3, 0.4) is 0 Å². The summed E-state index contributed by atoms with van der Waals surface area (Å²) in [4.78, 5) is 16.5. The molecule has 3 rings (SSSR count). The zero-order valence-electron chi connectivity index (χ0n) is 15.4. The molecule has 0 bridgehead atoms. The molecule has 2 amide bonds. The first-order chi connectivity index (χ1) is 12.7. The fourth-order valence-corrected chi connectivity index (χ4v) is 4.88. The van der Waals surface area contributed by atoms with Crippen LogP contribution in [0.4, 0.5) is 4.79 Å². The van der Waals surface area contributed by atoms with Crippen molar-refractivity contribution in [1.82, 2.24) is 19.4 Å². The van der Waals surface area contributed by atoms with E-state index in [4.69, 9.17) is 23.2 Å². The van der Waals surface area contributed by atoms with E-state index in [9.17, 15) is 13.2 Å². The maximum absolute atomic E-state index is 12.9. The Balaban J connectivity index is 1.67. The molecule has 27 heavy (non-hydrogen) atoms. The number of nitrogens with zero attached hydrogens (tertiary/aromatic N) is 3. The minimum absolute atomic E-state index is 0.0500. The van der Waals surface area contributed by atoms with Gasteiger partial charge < -0.3 is 15.1 Å². The SMILES string of the molecule is CNC1CN(C(=O)N2CCN(S(C)(=O)=O)CC2)CC1c1ccc(Cl)c(Cl)c1. The third-order valence-electron chi connectivity index (χ3n) is 5.31. The zero-order valence-corrected chi connectivity index (χ0v) is 17.7. The normalized spacial score (nSPS) is 24.4. The number of amides is 2. The number of piperazine rings is 1. The Morgan fingerprint density at radius 3 is 2.30 bits per heavy atom. The highest BCUT2D eigenvalue weighted by Crippen LogP contribution is 2.32. The molecule has 0 spiro atoms. The lowest BCUT2D eigenvalue weighted by molar-refractivity contribution is 0.141. The number of sulfonamides is 1. The maximum Gasteiger partial charge on any atom is 0.320 e. The summed E-state index contributed by atoms with van der Waals surface area (Å²) < 4.78 is 24.7. The van der Waals surface area contributed by atoms with Gasteiger partial charge >= 0.3 is 6.03 Å². The molecule has 1 N–H and O–H groups in total. The first-order valence-corrected chi connectivity index (χ1v) is 11.4. The van der Waals surface area contributed by atoms with Crippen LogP contribution in [0.2, 0.25) is 10.0 Å². The van der Waals surface area contributed by atoms with E-state index < -0.39 is 10.0 Å². The number of rotatable bonds is 3. The average Bonchev–Trinajstić information content (AvgIpc) is 3.07. The van der Waals surface area contributed by atoms with Crippen molar-refractivity contribution in [2.75, 3.05) is 52.6 Å². The van der Waals surface area contributed by atoms with Crippen molar-refractivity contribution in [3.8, 4) is 0 Å². The van der Waals surface area contributed by atoms with Crippen LogP contribution < -0.4 is 5.32 Å². The molecular weight excluding hydrogens is 411 g/mol. The molecule has 2 fully saturated rings. The summed E-state index contributed by atoms with van der Waals surface area (Å²) in [7, 11) is -1.33.